The van der Waals surface area contributed by atoms with Crippen molar-refractivity contribution >= 4 is 6.29 Å². The molecule has 3 heteroatoms. The molecule has 0 aliphatic carbocycles. The van der Waals surface area contributed by atoms with Crippen LogP contribution in [0.5, 0.6) is 5.75 Å². The largest absolute Gasteiger partial charge is 0.488 e. The lowest BCUT2D eigenvalue weighted by molar-refractivity contribution is -0.112. The summed E-state index contributed by atoms with van der Waals surface area (Å²) in [5.74, 6) is 1.33. The summed E-state index contributed by atoms with van der Waals surface area (Å²) < 4.78 is 5.95. The average Bonchev–Trinajstić information content (AvgIpc) is 2.82. The SMILES string of the molecule is O=CC1CCN(CC2Cc3ccccc3O2)CC1. The third-order valence-electron chi connectivity index (χ3n) is 4.00. The summed E-state index contributed by atoms with van der Waals surface area (Å²) in [4.78, 5) is 13.1. The molecule has 1 aromatic rings. The predicted molar refractivity (Wildman–Crippen MR) is 69.8 cm³/mol. The van der Waals surface area contributed by atoms with Crippen LogP contribution in [0, 0.1) is 5.92 Å². The molecule has 1 fully saturated rings. The molecular weight excluding hydrogens is 226 g/mol. The molecule has 2 heterocycles. The highest BCUT2D eigenvalue weighted by Gasteiger charge is 2.26. The molecule has 0 aromatic heterocycles. The van der Waals surface area contributed by atoms with Crippen molar-refractivity contribution in [2.24, 2.45) is 5.92 Å². The highest BCUT2D eigenvalue weighted by atomic mass is 16.5. The average molecular weight is 245 g/mol. The van der Waals surface area contributed by atoms with E-state index in [4.69, 9.17) is 4.74 Å². The second-order valence-corrected chi connectivity index (χ2v) is 5.33. The number of fused-ring (bicyclic) bond motifs is 1. The molecule has 0 bridgehead atoms. The minimum absolute atomic E-state index is 0.281. The van der Waals surface area contributed by atoms with Crippen LogP contribution in [0.3, 0.4) is 0 Å². The van der Waals surface area contributed by atoms with Gasteiger partial charge >= 0.3 is 0 Å². The quantitative estimate of drug-likeness (QED) is 0.762. The first-order valence-corrected chi connectivity index (χ1v) is 6.77. The Labute approximate surface area is 108 Å². The van der Waals surface area contributed by atoms with Gasteiger partial charge in [0.25, 0.3) is 0 Å². The summed E-state index contributed by atoms with van der Waals surface area (Å²) in [6.07, 6.45) is 4.42. The molecule has 0 N–H and O–H groups in total. The Morgan fingerprint density at radius 1 is 1.28 bits per heavy atom. The van der Waals surface area contributed by atoms with Gasteiger partial charge in [0.2, 0.25) is 0 Å². The van der Waals surface area contributed by atoms with Gasteiger partial charge in [-0.2, -0.15) is 0 Å². The number of aldehydes is 1. The van der Waals surface area contributed by atoms with Gasteiger partial charge in [-0.05, 0) is 37.6 Å². The van der Waals surface area contributed by atoms with Crippen LogP contribution in [0.15, 0.2) is 24.3 Å². The summed E-state index contributed by atoms with van der Waals surface area (Å²) in [6.45, 7) is 3.04. The topological polar surface area (TPSA) is 29.5 Å². The molecule has 1 aromatic carbocycles. The maximum Gasteiger partial charge on any atom is 0.123 e. The van der Waals surface area contributed by atoms with Crippen molar-refractivity contribution in [3.63, 3.8) is 0 Å². The van der Waals surface area contributed by atoms with E-state index in [1.165, 1.54) is 5.56 Å². The number of likely N-dealkylation sites (tertiary alicyclic amines) is 1. The summed E-state index contributed by atoms with van der Waals surface area (Å²) in [5, 5.41) is 0. The lowest BCUT2D eigenvalue weighted by Gasteiger charge is -2.31. The first-order valence-electron chi connectivity index (χ1n) is 6.77. The monoisotopic (exact) mass is 245 g/mol. The third-order valence-corrected chi connectivity index (χ3v) is 4.00. The maximum atomic E-state index is 10.7. The first kappa shape index (κ1) is 11.7. The van der Waals surface area contributed by atoms with Crippen LogP contribution in [-0.2, 0) is 11.2 Å². The number of para-hydroxylation sites is 1. The zero-order chi connectivity index (χ0) is 12.4. The van der Waals surface area contributed by atoms with E-state index in [0.717, 1.165) is 50.9 Å². The van der Waals surface area contributed by atoms with Gasteiger partial charge in [0, 0.05) is 18.9 Å². The van der Waals surface area contributed by atoms with Gasteiger partial charge in [-0.25, -0.2) is 0 Å². The van der Waals surface area contributed by atoms with E-state index in [1.54, 1.807) is 0 Å². The van der Waals surface area contributed by atoms with Gasteiger partial charge in [-0.1, -0.05) is 18.2 Å². The van der Waals surface area contributed by atoms with Crippen LogP contribution in [0.1, 0.15) is 18.4 Å². The molecule has 3 rings (SSSR count). The van der Waals surface area contributed by atoms with Crippen LogP contribution in [0.2, 0.25) is 0 Å². The van der Waals surface area contributed by atoms with Crippen LogP contribution in [0.4, 0.5) is 0 Å². The molecule has 2 aliphatic heterocycles. The Hall–Kier alpha value is -1.35. The van der Waals surface area contributed by atoms with E-state index in [9.17, 15) is 4.79 Å². The highest BCUT2D eigenvalue weighted by Crippen LogP contribution is 2.29. The van der Waals surface area contributed by atoms with E-state index in [2.05, 4.69) is 17.0 Å². The predicted octanol–water partition coefficient (Wildman–Crippen LogP) is 1.90. The first-order chi connectivity index (χ1) is 8.85. The van der Waals surface area contributed by atoms with Crippen molar-refractivity contribution in [2.75, 3.05) is 19.6 Å². The Bertz CT molecular complexity index is 399. The van der Waals surface area contributed by atoms with Crippen molar-refractivity contribution < 1.29 is 9.53 Å². The Morgan fingerprint density at radius 3 is 2.78 bits per heavy atom. The second kappa shape index (κ2) is 5.11. The molecule has 0 radical (unpaired) electrons. The number of carbonyl (C=O) groups is 1. The molecule has 0 amide bonds. The molecule has 96 valence electrons. The maximum absolute atomic E-state index is 10.7. The van der Waals surface area contributed by atoms with Crippen molar-refractivity contribution in [1.29, 1.82) is 0 Å². The van der Waals surface area contributed by atoms with Crippen LogP contribution in [-0.4, -0.2) is 36.9 Å². The van der Waals surface area contributed by atoms with Gasteiger partial charge in [0.1, 0.15) is 18.1 Å². The Balaban J connectivity index is 1.53. The van der Waals surface area contributed by atoms with E-state index < -0.39 is 0 Å². The summed E-state index contributed by atoms with van der Waals surface area (Å²) in [5.41, 5.74) is 1.32. The number of rotatable bonds is 3. The second-order valence-electron chi connectivity index (χ2n) is 5.33. The fourth-order valence-electron chi connectivity index (χ4n) is 2.92. The molecular formula is C15H19NO2. The Kier molecular flexibility index (Phi) is 3.33. The van der Waals surface area contributed by atoms with Crippen molar-refractivity contribution in [1.82, 2.24) is 4.90 Å². The lowest BCUT2D eigenvalue weighted by atomic mass is 9.98. The normalized spacial score (nSPS) is 24.6. The van der Waals surface area contributed by atoms with Gasteiger partial charge in [-0.15, -0.1) is 0 Å². The minimum Gasteiger partial charge on any atom is -0.488 e. The molecule has 1 atom stereocenters. The van der Waals surface area contributed by atoms with Gasteiger partial charge in [0.05, 0.1) is 0 Å². The number of hydrogen-bond donors (Lipinski definition) is 0. The number of hydrogen-bond acceptors (Lipinski definition) is 3. The molecule has 18 heavy (non-hydrogen) atoms. The van der Waals surface area contributed by atoms with Gasteiger partial charge in [-0.3, -0.25) is 4.90 Å². The van der Waals surface area contributed by atoms with Crippen molar-refractivity contribution in [2.45, 2.75) is 25.4 Å². The molecule has 1 saturated heterocycles. The number of benzene rings is 1. The summed E-state index contributed by atoms with van der Waals surface area (Å²) >= 11 is 0. The van der Waals surface area contributed by atoms with E-state index >= 15 is 0 Å². The van der Waals surface area contributed by atoms with E-state index in [-0.39, 0.29) is 12.0 Å². The van der Waals surface area contributed by atoms with Gasteiger partial charge < -0.3 is 9.53 Å². The molecule has 1 unspecified atom stereocenters. The van der Waals surface area contributed by atoms with Crippen LogP contribution < -0.4 is 4.74 Å². The third kappa shape index (κ3) is 2.41. The molecule has 2 aliphatic rings. The van der Waals surface area contributed by atoms with E-state index in [1.807, 2.05) is 12.1 Å². The number of carbonyl (C=O) groups excluding carboxylic acids is 1. The fraction of sp³-hybridized carbons (Fsp3) is 0.533. The minimum atomic E-state index is 0.281. The fourth-order valence-corrected chi connectivity index (χ4v) is 2.92. The summed E-state index contributed by atoms with van der Waals surface area (Å²) in [6, 6.07) is 8.29. The van der Waals surface area contributed by atoms with Gasteiger partial charge in [0.15, 0.2) is 0 Å². The Morgan fingerprint density at radius 2 is 2.06 bits per heavy atom. The summed E-state index contributed by atoms with van der Waals surface area (Å²) in [7, 11) is 0. The molecule has 0 saturated carbocycles. The molecule has 3 nitrogen and oxygen atoms in total. The zero-order valence-corrected chi connectivity index (χ0v) is 10.5. The van der Waals surface area contributed by atoms with Crippen molar-refractivity contribution in [3.05, 3.63) is 29.8 Å². The van der Waals surface area contributed by atoms with E-state index in [0.29, 0.717) is 0 Å². The van der Waals surface area contributed by atoms with Crippen LogP contribution >= 0.6 is 0 Å². The lowest BCUT2D eigenvalue weighted by Crippen LogP contribution is -2.40. The number of nitrogens with zero attached hydrogens (tertiary/aromatic N) is 1. The molecule has 0 spiro atoms. The van der Waals surface area contributed by atoms with Crippen LogP contribution in [0.25, 0.3) is 0 Å². The van der Waals surface area contributed by atoms with Crippen molar-refractivity contribution in [3.8, 4) is 5.75 Å². The highest BCUT2D eigenvalue weighted by molar-refractivity contribution is 5.53. The number of ether oxygens (including phenoxy) is 1. The smallest absolute Gasteiger partial charge is 0.123 e. The standard InChI is InChI=1S/C15H19NO2/c17-11-12-5-7-16(8-6-12)10-14-9-13-3-1-2-4-15(13)18-14/h1-4,11-12,14H,5-10H2. The number of piperidine rings is 1. The zero-order valence-electron chi connectivity index (χ0n) is 10.5.